The van der Waals surface area contributed by atoms with Crippen LogP contribution in [-0.2, 0) is 7.05 Å². The van der Waals surface area contributed by atoms with Gasteiger partial charge in [-0.3, -0.25) is 4.79 Å². The lowest BCUT2D eigenvalue weighted by Crippen LogP contribution is -2.27. The molecule has 0 spiro atoms. The molecule has 98 valence electrons. The van der Waals surface area contributed by atoms with Crippen LogP contribution in [0.3, 0.4) is 0 Å². The third kappa shape index (κ3) is 2.70. The Hall–Kier alpha value is -1.00. The van der Waals surface area contributed by atoms with Crippen LogP contribution in [0.15, 0.2) is 12.1 Å². The largest absolute Gasteiger partial charge is 0.351 e. The molecule has 1 N–H and O–H groups in total. The number of thiophene rings is 1. The summed E-state index contributed by atoms with van der Waals surface area (Å²) in [6, 6.07) is 3.79. The fourth-order valence-corrected chi connectivity index (χ4v) is 3.07. The molecule has 0 unspecified atom stereocenters. The summed E-state index contributed by atoms with van der Waals surface area (Å²) < 4.78 is 3.70. The number of hydrogen-bond donors (Lipinski definition) is 1. The number of nitrogens with zero attached hydrogens (tertiary/aromatic N) is 1. The zero-order valence-corrected chi connectivity index (χ0v) is 12.4. The minimum atomic E-state index is -0.0160. The molecule has 3 nitrogen and oxygen atoms in total. The van der Waals surface area contributed by atoms with Crippen LogP contribution in [0.25, 0.3) is 10.2 Å². The minimum absolute atomic E-state index is 0.0160. The van der Waals surface area contributed by atoms with Gasteiger partial charge in [0.15, 0.2) is 0 Å². The van der Waals surface area contributed by atoms with E-state index in [0.29, 0.717) is 11.6 Å². The number of hydrogen-bond acceptors (Lipinski definition) is 2. The number of rotatable bonds is 4. The van der Waals surface area contributed by atoms with E-state index in [-0.39, 0.29) is 5.91 Å². The Morgan fingerprint density at radius 3 is 2.83 bits per heavy atom. The second-order valence-electron chi connectivity index (χ2n) is 4.83. The lowest BCUT2D eigenvalue weighted by atomic mass is 10.1. The Balaban J connectivity index is 2.13. The van der Waals surface area contributed by atoms with Crippen molar-refractivity contribution in [3.63, 3.8) is 0 Å². The number of amides is 1. The molecule has 0 fully saturated rings. The van der Waals surface area contributed by atoms with Crippen molar-refractivity contribution in [3.8, 4) is 0 Å². The van der Waals surface area contributed by atoms with Crippen LogP contribution in [0.2, 0.25) is 4.34 Å². The molecule has 0 aromatic carbocycles. The quantitative estimate of drug-likeness (QED) is 0.913. The molecule has 0 radical (unpaired) electrons. The zero-order chi connectivity index (χ0) is 13.3. The number of nitrogens with one attached hydrogen (secondary N) is 1. The van der Waals surface area contributed by atoms with E-state index in [2.05, 4.69) is 19.2 Å². The molecule has 0 aliphatic carbocycles. The van der Waals surface area contributed by atoms with Crippen molar-refractivity contribution in [2.24, 2.45) is 13.0 Å². The fraction of sp³-hybridized carbons (Fsp3) is 0.462. The summed E-state index contributed by atoms with van der Waals surface area (Å²) in [4.78, 5) is 12.0. The third-order valence-corrected chi connectivity index (χ3v) is 4.14. The Labute approximate surface area is 116 Å². The normalized spacial score (nSPS) is 11.4. The van der Waals surface area contributed by atoms with Crippen LogP contribution in [0, 0.1) is 5.92 Å². The van der Waals surface area contributed by atoms with Crippen LogP contribution < -0.4 is 5.32 Å². The molecule has 0 saturated heterocycles. The van der Waals surface area contributed by atoms with Crippen LogP contribution in [0.4, 0.5) is 0 Å². The van der Waals surface area contributed by atoms with Gasteiger partial charge in [0.25, 0.3) is 5.91 Å². The van der Waals surface area contributed by atoms with E-state index in [9.17, 15) is 4.79 Å². The first-order chi connectivity index (χ1) is 8.49. The second-order valence-corrected chi connectivity index (χ2v) is 6.54. The standard InChI is InChI=1S/C13H17ClN2OS/c1-8(2)4-5-15-13(17)10-6-11-9(16(10)3)7-12(14)18-11/h6-8H,4-5H2,1-3H3,(H,15,17). The number of fused-ring (bicyclic) bond motifs is 1. The average molecular weight is 285 g/mol. The Bertz CT molecular complexity index is 571. The molecule has 2 heterocycles. The van der Waals surface area contributed by atoms with Gasteiger partial charge in [-0.05, 0) is 24.5 Å². The molecule has 18 heavy (non-hydrogen) atoms. The van der Waals surface area contributed by atoms with Crippen LogP contribution >= 0.6 is 22.9 Å². The van der Waals surface area contributed by atoms with Crippen molar-refractivity contribution in [1.82, 2.24) is 9.88 Å². The highest BCUT2D eigenvalue weighted by Gasteiger charge is 2.14. The van der Waals surface area contributed by atoms with Crippen molar-refractivity contribution in [3.05, 3.63) is 22.2 Å². The first-order valence-electron chi connectivity index (χ1n) is 6.02. The van der Waals surface area contributed by atoms with Crippen molar-refractivity contribution in [2.75, 3.05) is 6.54 Å². The summed E-state index contributed by atoms with van der Waals surface area (Å²) in [6.45, 7) is 5.01. The van der Waals surface area contributed by atoms with Gasteiger partial charge in [-0.1, -0.05) is 25.4 Å². The lowest BCUT2D eigenvalue weighted by molar-refractivity contribution is 0.0944. The summed E-state index contributed by atoms with van der Waals surface area (Å²) in [6.07, 6.45) is 0.996. The van der Waals surface area contributed by atoms with Crippen molar-refractivity contribution in [2.45, 2.75) is 20.3 Å². The van der Waals surface area contributed by atoms with E-state index in [1.807, 2.05) is 23.7 Å². The van der Waals surface area contributed by atoms with Crippen molar-refractivity contribution >= 4 is 39.1 Å². The van der Waals surface area contributed by atoms with E-state index in [1.54, 1.807) is 0 Å². The van der Waals surface area contributed by atoms with Gasteiger partial charge in [0, 0.05) is 13.6 Å². The number of carbonyl (C=O) groups excluding carboxylic acids is 1. The highest BCUT2D eigenvalue weighted by molar-refractivity contribution is 7.22. The summed E-state index contributed by atoms with van der Waals surface area (Å²) >= 11 is 7.45. The molecule has 0 aliphatic rings. The Morgan fingerprint density at radius 2 is 2.22 bits per heavy atom. The predicted molar refractivity (Wildman–Crippen MR) is 77.6 cm³/mol. The van der Waals surface area contributed by atoms with Crippen LogP contribution in [-0.4, -0.2) is 17.0 Å². The molecule has 5 heteroatoms. The minimum Gasteiger partial charge on any atom is -0.351 e. The smallest absolute Gasteiger partial charge is 0.267 e. The van der Waals surface area contributed by atoms with Gasteiger partial charge in [0.1, 0.15) is 5.69 Å². The second kappa shape index (κ2) is 5.33. The van der Waals surface area contributed by atoms with Crippen LogP contribution in [0.5, 0.6) is 0 Å². The van der Waals surface area contributed by atoms with Crippen molar-refractivity contribution in [1.29, 1.82) is 0 Å². The predicted octanol–water partition coefficient (Wildman–Crippen LogP) is 3.67. The van der Waals surface area contributed by atoms with Gasteiger partial charge in [0.2, 0.25) is 0 Å². The summed E-state index contributed by atoms with van der Waals surface area (Å²) in [5, 5.41) is 2.95. The van der Waals surface area contributed by atoms with Gasteiger partial charge in [-0.2, -0.15) is 0 Å². The summed E-state index contributed by atoms with van der Waals surface area (Å²) in [5.41, 5.74) is 1.70. The molecular formula is C13H17ClN2OS. The maximum atomic E-state index is 12.0. The van der Waals surface area contributed by atoms with E-state index in [0.717, 1.165) is 27.5 Å². The van der Waals surface area contributed by atoms with Crippen LogP contribution in [0.1, 0.15) is 30.8 Å². The van der Waals surface area contributed by atoms with E-state index >= 15 is 0 Å². The molecule has 2 aromatic rings. The van der Waals surface area contributed by atoms with E-state index < -0.39 is 0 Å². The Morgan fingerprint density at radius 1 is 1.50 bits per heavy atom. The lowest BCUT2D eigenvalue weighted by Gasteiger charge is -2.07. The number of halogens is 1. The topological polar surface area (TPSA) is 34.0 Å². The number of aryl methyl sites for hydroxylation is 1. The van der Waals surface area contributed by atoms with Gasteiger partial charge >= 0.3 is 0 Å². The monoisotopic (exact) mass is 284 g/mol. The van der Waals surface area contributed by atoms with Gasteiger partial charge in [0.05, 0.1) is 14.6 Å². The van der Waals surface area contributed by atoms with E-state index in [4.69, 9.17) is 11.6 Å². The van der Waals surface area contributed by atoms with Crippen molar-refractivity contribution < 1.29 is 4.79 Å². The molecule has 2 rings (SSSR count). The number of aromatic nitrogens is 1. The summed E-state index contributed by atoms with van der Waals surface area (Å²) in [7, 11) is 1.89. The molecule has 0 atom stereocenters. The molecule has 0 saturated carbocycles. The zero-order valence-electron chi connectivity index (χ0n) is 10.8. The maximum absolute atomic E-state index is 12.0. The maximum Gasteiger partial charge on any atom is 0.267 e. The Kier molecular flexibility index (Phi) is 3.97. The average Bonchev–Trinajstić information content (AvgIpc) is 2.77. The third-order valence-electron chi connectivity index (χ3n) is 2.94. The SMILES string of the molecule is CC(C)CCNC(=O)c1cc2sc(Cl)cc2n1C. The van der Waals surface area contributed by atoms with E-state index in [1.165, 1.54) is 11.3 Å². The van der Waals surface area contributed by atoms with Gasteiger partial charge < -0.3 is 9.88 Å². The molecular weight excluding hydrogens is 268 g/mol. The first kappa shape index (κ1) is 13.4. The first-order valence-corrected chi connectivity index (χ1v) is 7.21. The summed E-state index contributed by atoms with van der Waals surface area (Å²) in [5.74, 6) is 0.582. The van der Waals surface area contributed by atoms with Gasteiger partial charge in [-0.15, -0.1) is 11.3 Å². The van der Waals surface area contributed by atoms with Gasteiger partial charge in [-0.25, -0.2) is 0 Å². The number of carbonyl (C=O) groups is 1. The molecule has 0 bridgehead atoms. The fourth-order valence-electron chi connectivity index (χ4n) is 1.86. The highest BCUT2D eigenvalue weighted by atomic mass is 35.5. The molecule has 1 amide bonds. The molecule has 2 aromatic heterocycles. The highest BCUT2D eigenvalue weighted by Crippen LogP contribution is 2.31. The molecule has 0 aliphatic heterocycles.